The van der Waals surface area contributed by atoms with Crippen molar-refractivity contribution in [2.24, 2.45) is 5.73 Å². The van der Waals surface area contributed by atoms with Gasteiger partial charge in [-0.3, -0.25) is 9.59 Å². The summed E-state index contributed by atoms with van der Waals surface area (Å²) in [7, 11) is 0. The summed E-state index contributed by atoms with van der Waals surface area (Å²) in [5, 5.41) is 4.25. The van der Waals surface area contributed by atoms with Crippen LogP contribution in [-0.2, 0) is 0 Å². The fourth-order valence-corrected chi connectivity index (χ4v) is 2.62. The van der Waals surface area contributed by atoms with Gasteiger partial charge in [-0.15, -0.1) is 13.1 Å². The van der Waals surface area contributed by atoms with E-state index in [2.05, 4.69) is 5.32 Å². The number of carbonyl (C=O) groups excluding carboxylic acids is 2. The fourth-order valence-electron chi connectivity index (χ4n) is 2.62. The van der Waals surface area contributed by atoms with Crippen molar-refractivity contribution >= 4 is 11.8 Å². The number of nitrogens with zero attached hydrogens (tertiary/aromatic N) is 2. The maximum atomic E-state index is 12.4. The third-order valence-corrected chi connectivity index (χ3v) is 3.98. The van der Waals surface area contributed by atoms with Gasteiger partial charge in [-0.2, -0.15) is 0 Å². The molecule has 2 aromatic carbocycles. The van der Waals surface area contributed by atoms with E-state index in [9.17, 15) is 9.59 Å². The Kier molecular flexibility index (Phi) is 7.15. The number of carbonyl (C=O) groups is 2. The molecule has 118 valence electrons. The molecule has 2 N–H and O–H groups in total. The van der Waals surface area contributed by atoms with Gasteiger partial charge >= 0.3 is 51.4 Å². The van der Waals surface area contributed by atoms with E-state index in [1.165, 1.54) is 0 Å². The van der Waals surface area contributed by atoms with E-state index < -0.39 is 5.91 Å². The molecular formula is C18H18KN3O2. The molecule has 0 saturated carbocycles. The maximum Gasteiger partial charge on any atom is 1.00 e. The average molecular weight is 347 g/mol. The van der Waals surface area contributed by atoms with E-state index in [1.807, 2.05) is 41.3 Å². The first kappa shape index (κ1) is 19.3. The molecule has 0 aliphatic carbocycles. The van der Waals surface area contributed by atoms with Crippen LogP contribution in [0.2, 0.25) is 0 Å². The topological polar surface area (TPSA) is 77.5 Å². The Bertz CT molecular complexity index is 708. The molecule has 0 atom stereocenters. The molecule has 1 aliphatic rings. The number of benzene rings is 2. The average Bonchev–Trinajstić information content (AvgIpc) is 2.62. The molecule has 1 saturated heterocycles. The summed E-state index contributed by atoms with van der Waals surface area (Å²) >= 11 is 0. The van der Waals surface area contributed by atoms with Crippen molar-refractivity contribution in [3.63, 3.8) is 0 Å². The van der Waals surface area contributed by atoms with E-state index >= 15 is 0 Å². The number of hydrogen-bond acceptors (Lipinski definition) is 2. The second-order valence-corrected chi connectivity index (χ2v) is 5.48. The number of hydrogen-bond donors (Lipinski definition) is 1. The summed E-state index contributed by atoms with van der Waals surface area (Å²) in [5.41, 5.74) is 8.38. The second kappa shape index (κ2) is 8.89. The van der Waals surface area contributed by atoms with E-state index in [4.69, 9.17) is 5.73 Å². The quantitative estimate of drug-likeness (QED) is 0.745. The largest absolute Gasteiger partial charge is 1.00 e. The van der Waals surface area contributed by atoms with Gasteiger partial charge in [0.25, 0.3) is 5.91 Å². The van der Waals surface area contributed by atoms with Crippen molar-refractivity contribution in [1.29, 1.82) is 0 Å². The number of amides is 2. The number of primary amides is 1. The van der Waals surface area contributed by atoms with Crippen molar-refractivity contribution in [1.82, 2.24) is 4.90 Å². The van der Waals surface area contributed by atoms with Crippen molar-refractivity contribution in [2.75, 3.05) is 26.2 Å². The van der Waals surface area contributed by atoms with Crippen LogP contribution >= 0.6 is 0 Å². The van der Waals surface area contributed by atoms with E-state index in [0.29, 0.717) is 24.2 Å². The summed E-state index contributed by atoms with van der Waals surface area (Å²) in [6.45, 7) is 2.82. The first-order valence-electron chi connectivity index (χ1n) is 7.58. The van der Waals surface area contributed by atoms with Crippen molar-refractivity contribution in [3.8, 4) is 11.1 Å². The first-order valence-corrected chi connectivity index (χ1v) is 7.58. The summed E-state index contributed by atoms with van der Waals surface area (Å²) < 4.78 is 0. The van der Waals surface area contributed by atoms with Crippen molar-refractivity contribution in [3.05, 3.63) is 65.0 Å². The van der Waals surface area contributed by atoms with Crippen LogP contribution in [0, 0.1) is 0 Å². The Morgan fingerprint density at radius 2 is 1.29 bits per heavy atom. The third-order valence-electron chi connectivity index (χ3n) is 3.98. The van der Waals surface area contributed by atoms with Gasteiger partial charge in [0.1, 0.15) is 0 Å². The molecule has 1 fully saturated rings. The standard InChI is InChI=1S/C18H18N3O2.K/c19-17(22)15-5-1-13(2-6-15)14-3-7-16(8-4-14)18(23)21-11-9-20-10-12-21;/h1-8H,9-12H2,(H2,19,22);/q-1;+1. The first-order chi connectivity index (χ1) is 11.1. The molecule has 1 aliphatic heterocycles. The predicted octanol–water partition coefficient (Wildman–Crippen LogP) is -0.714. The zero-order valence-corrected chi connectivity index (χ0v) is 16.9. The minimum atomic E-state index is -0.439. The van der Waals surface area contributed by atoms with Gasteiger partial charge in [0.2, 0.25) is 5.91 Å². The minimum Gasteiger partial charge on any atom is -0.659 e. The maximum absolute atomic E-state index is 12.4. The molecule has 24 heavy (non-hydrogen) atoms. The normalized spacial score (nSPS) is 13.9. The third kappa shape index (κ3) is 4.53. The SMILES string of the molecule is NC(=O)c1ccc(-c2ccc(C(=O)N3CC[N-]CC3)cc2)cc1.[K+]. The smallest absolute Gasteiger partial charge is 0.659 e. The van der Waals surface area contributed by atoms with Crippen molar-refractivity contribution in [2.45, 2.75) is 0 Å². The molecule has 2 amide bonds. The van der Waals surface area contributed by atoms with Gasteiger partial charge < -0.3 is 16.0 Å². The summed E-state index contributed by atoms with van der Waals surface area (Å²) in [5.74, 6) is -0.388. The van der Waals surface area contributed by atoms with Gasteiger partial charge in [0.15, 0.2) is 0 Å². The van der Waals surface area contributed by atoms with Crippen LogP contribution in [0.4, 0.5) is 0 Å². The molecule has 2 aromatic rings. The molecular weight excluding hydrogens is 329 g/mol. The van der Waals surface area contributed by atoms with Gasteiger partial charge in [0.05, 0.1) is 0 Å². The Morgan fingerprint density at radius 1 is 0.833 bits per heavy atom. The number of nitrogens with two attached hydrogens (primary N) is 1. The summed E-state index contributed by atoms with van der Waals surface area (Å²) in [6, 6.07) is 14.6. The van der Waals surface area contributed by atoms with Gasteiger partial charge in [-0.05, 0) is 35.4 Å². The van der Waals surface area contributed by atoms with Crippen LogP contribution in [0.5, 0.6) is 0 Å². The van der Waals surface area contributed by atoms with Gasteiger partial charge in [-0.1, -0.05) is 24.3 Å². The Balaban J connectivity index is 0.00000208. The number of piperazine rings is 1. The van der Waals surface area contributed by atoms with Crippen LogP contribution in [0.25, 0.3) is 16.4 Å². The molecule has 0 radical (unpaired) electrons. The molecule has 3 rings (SSSR count). The van der Waals surface area contributed by atoms with E-state index in [-0.39, 0.29) is 57.3 Å². The molecule has 0 spiro atoms. The fraction of sp³-hybridized carbons (Fsp3) is 0.222. The molecule has 6 heteroatoms. The van der Waals surface area contributed by atoms with Crippen LogP contribution in [-0.4, -0.2) is 42.9 Å². The zero-order valence-electron chi connectivity index (χ0n) is 13.7. The number of rotatable bonds is 3. The zero-order chi connectivity index (χ0) is 16.2. The Labute approximate surface area is 184 Å². The molecule has 0 aromatic heterocycles. The van der Waals surface area contributed by atoms with Crippen molar-refractivity contribution < 1.29 is 61.0 Å². The summed E-state index contributed by atoms with van der Waals surface area (Å²) in [6.07, 6.45) is 0. The second-order valence-electron chi connectivity index (χ2n) is 5.48. The Morgan fingerprint density at radius 3 is 1.75 bits per heavy atom. The van der Waals surface area contributed by atoms with Crippen LogP contribution in [0.1, 0.15) is 20.7 Å². The molecule has 0 unspecified atom stereocenters. The van der Waals surface area contributed by atoms with Gasteiger partial charge in [-0.25, -0.2) is 0 Å². The van der Waals surface area contributed by atoms with E-state index in [1.54, 1.807) is 12.1 Å². The van der Waals surface area contributed by atoms with Gasteiger partial charge in [0, 0.05) is 24.2 Å². The monoisotopic (exact) mass is 347 g/mol. The molecule has 5 nitrogen and oxygen atoms in total. The predicted molar refractivity (Wildman–Crippen MR) is 89.4 cm³/mol. The van der Waals surface area contributed by atoms with E-state index in [0.717, 1.165) is 24.2 Å². The minimum absolute atomic E-state index is 0. The van der Waals surface area contributed by atoms with Crippen LogP contribution < -0.4 is 57.1 Å². The van der Waals surface area contributed by atoms with Crippen LogP contribution in [0.3, 0.4) is 0 Å². The Hall–Kier alpha value is -1.02. The molecule has 0 bridgehead atoms. The van der Waals surface area contributed by atoms with Crippen LogP contribution in [0.15, 0.2) is 48.5 Å². The summed E-state index contributed by atoms with van der Waals surface area (Å²) in [4.78, 5) is 25.3. The molecule has 1 heterocycles.